The Labute approximate surface area is 604 Å². The molecule has 3 N–H and O–H groups in total. The summed E-state index contributed by atoms with van der Waals surface area (Å²) in [6.45, 7) is 4.31. The normalized spacial score (nSPS) is 14.8. The molecule has 0 aromatic heterocycles. The first-order valence-electron chi connectivity index (χ1n) is 37.7. The van der Waals surface area contributed by atoms with Crippen LogP contribution in [-0.4, -0.2) is 96.7 Å². The second-order valence-electron chi connectivity index (χ2n) is 24.5. The van der Waals surface area contributed by atoms with Crippen LogP contribution in [0.4, 0.5) is 0 Å². The first kappa shape index (κ1) is 94.7. The van der Waals surface area contributed by atoms with Crippen molar-refractivity contribution in [2.75, 3.05) is 39.6 Å². The van der Waals surface area contributed by atoms with Gasteiger partial charge in [0.05, 0.1) is 32.8 Å². The molecule has 0 heterocycles. The standard InChI is InChI=1S/C81H132O17P2/c1-5-9-13-17-21-25-29-32-35-36-37-38-41-43-47-50-54-58-62-66-79(84)91-71-76(97-80(85)67-63-59-55-51-45-28-24-20-16-12-8-4)73-95-99(87,88)93-69-75(82)70-94-100(89,90)96-74-77(98-81(86)68-64-60-56-52-48-44-40-34-31-27-23-19-15-11-7-3)72-92-78(83)65-61-57-53-49-46-42-39-33-30-26-22-18-14-10-6-2/h9-11,13-15,20-27,32-35,37-40,46,49,57,61,75-77,82H,5-8,12,16-19,28-31,36,41-45,47-48,50-56,58-60,62-74H2,1-4H3,(H,87,88)(H,89,90)/b13-9-,14-10-,15-11-,24-20-,25-21-,26-22-,27-23-,35-32-,38-37-,39-33-,40-34-,49-46-,61-57-. The van der Waals surface area contributed by atoms with Crippen LogP contribution in [0, 0.1) is 0 Å². The molecule has 0 saturated heterocycles. The molecule has 0 rings (SSSR count). The number of rotatable bonds is 69. The van der Waals surface area contributed by atoms with E-state index in [1.807, 2.05) is 18.2 Å². The molecule has 5 unspecified atom stereocenters. The van der Waals surface area contributed by atoms with Crippen LogP contribution in [0.1, 0.15) is 272 Å². The maximum Gasteiger partial charge on any atom is 0.472 e. The molecule has 0 saturated carbocycles. The first-order chi connectivity index (χ1) is 48.7. The fourth-order valence-corrected chi connectivity index (χ4v) is 10.9. The van der Waals surface area contributed by atoms with E-state index in [1.54, 1.807) is 6.08 Å². The summed E-state index contributed by atoms with van der Waals surface area (Å²) >= 11 is 0. The quantitative estimate of drug-likeness (QED) is 0.0169. The molecule has 0 aliphatic heterocycles. The van der Waals surface area contributed by atoms with Crippen LogP contribution in [0.2, 0.25) is 0 Å². The van der Waals surface area contributed by atoms with Gasteiger partial charge in [-0.2, -0.15) is 0 Å². The molecule has 0 bridgehead atoms. The Morgan fingerprint density at radius 3 is 0.900 bits per heavy atom. The third-order valence-electron chi connectivity index (χ3n) is 15.0. The number of phosphoric acid groups is 2. The van der Waals surface area contributed by atoms with Crippen LogP contribution >= 0.6 is 15.6 Å². The molecule has 568 valence electrons. The Balaban J connectivity index is 5.41. The average molecular weight is 1440 g/mol. The lowest BCUT2D eigenvalue weighted by Gasteiger charge is -2.21. The van der Waals surface area contributed by atoms with Crippen molar-refractivity contribution in [1.82, 2.24) is 0 Å². The van der Waals surface area contributed by atoms with Crippen LogP contribution in [0.3, 0.4) is 0 Å². The number of allylic oxidation sites excluding steroid dienone is 25. The predicted octanol–water partition coefficient (Wildman–Crippen LogP) is 21.7. The summed E-state index contributed by atoms with van der Waals surface area (Å²) in [5.41, 5.74) is 0. The Bertz CT molecular complexity index is 2520. The van der Waals surface area contributed by atoms with Crippen molar-refractivity contribution in [3.8, 4) is 0 Å². The van der Waals surface area contributed by atoms with Crippen molar-refractivity contribution in [3.63, 3.8) is 0 Å². The van der Waals surface area contributed by atoms with Crippen LogP contribution in [0.25, 0.3) is 0 Å². The number of unbranched alkanes of at least 4 members (excludes halogenated alkanes) is 18. The Kier molecular flexibility index (Phi) is 68.2. The van der Waals surface area contributed by atoms with Gasteiger partial charge in [0.2, 0.25) is 0 Å². The molecule has 0 aromatic rings. The Morgan fingerprint density at radius 1 is 0.300 bits per heavy atom. The highest BCUT2D eigenvalue weighted by atomic mass is 31.2. The van der Waals surface area contributed by atoms with E-state index in [9.17, 15) is 43.2 Å². The molecule has 0 amide bonds. The maximum absolute atomic E-state index is 13.1. The van der Waals surface area contributed by atoms with Crippen molar-refractivity contribution in [1.29, 1.82) is 0 Å². The highest BCUT2D eigenvalue weighted by Gasteiger charge is 2.30. The number of carbonyl (C=O) groups excluding carboxylic acids is 4. The highest BCUT2D eigenvalue weighted by Crippen LogP contribution is 2.45. The molecule has 0 aliphatic carbocycles. The van der Waals surface area contributed by atoms with Crippen molar-refractivity contribution < 1.29 is 80.2 Å². The molecule has 0 fully saturated rings. The van der Waals surface area contributed by atoms with Crippen molar-refractivity contribution in [2.24, 2.45) is 0 Å². The minimum Gasteiger partial charge on any atom is -0.462 e. The van der Waals surface area contributed by atoms with Gasteiger partial charge in [-0.15, -0.1) is 0 Å². The van der Waals surface area contributed by atoms with Crippen LogP contribution in [0.15, 0.2) is 158 Å². The monoisotopic (exact) mass is 1440 g/mol. The van der Waals surface area contributed by atoms with Gasteiger partial charge in [-0.05, 0) is 141 Å². The molecule has 17 nitrogen and oxygen atoms in total. The molecule has 0 spiro atoms. The van der Waals surface area contributed by atoms with Crippen molar-refractivity contribution in [2.45, 2.75) is 290 Å². The number of ether oxygens (including phenoxy) is 4. The smallest absolute Gasteiger partial charge is 0.462 e. The number of hydrogen-bond donors (Lipinski definition) is 3. The van der Waals surface area contributed by atoms with Gasteiger partial charge in [0.15, 0.2) is 12.2 Å². The number of aliphatic hydroxyl groups excluding tert-OH is 1. The van der Waals surface area contributed by atoms with Crippen LogP contribution < -0.4 is 0 Å². The van der Waals surface area contributed by atoms with E-state index >= 15 is 0 Å². The van der Waals surface area contributed by atoms with Crippen molar-refractivity contribution in [3.05, 3.63) is 158 Å². The maximum atomic E-state index is 13.1. The summed E-state index contributed by atoms with van der Waals surface area (Å²) < 4.78 is 68.3. The number of hydrogen-bond acceptors (Lipinski definition) is 15. The topological polar surface area (TPSA) is 237 Å². The van der Waals surface area contributed by atoms with E-state index in [4.69, 9.17) is 37.0 Å². The lowest BCUT2D eigenvalue weighted by molar-refractivity contribution is -0.161. The van der Waals surface area contributed by atoms with E-state index in [0.717, 1.165) is 180 Å². The van der Waals surface area contributed by atoms with Gasteiger partial charge >= 0.3 is 39.5 Å². The molecule has 0 aromatic carbocycles. The molecule has 100 heavy (non-hydrogen) atoms. The third-order valence-corrected chi connectivity index (χ3v) is 16.9. The molecular formula is C81H132O17P2. The zero-order valence-corrected chi connectivity index (χ0v) is 63.6. The van der Waals surface area contributed by atoms with Crippen molar-refractivity contribution >= 4 is 39.5 Å². The molecule has 19 heteroatoms. The highest BCUT2D eigenvalue weighted by molar-refractivity contribution is 7.47. The molecule has 0 aliphatic rings. The predicted molar refractivity (Wildman–Crippen MR) is 408 cm³/mol. The SMILES string of the molecule is CC/C=C\C/C=C\C/C=C\C/C=C\C/C=C\CC(=O)OCC(COP(=O)(O)OCC(O)COP(=O)(O)OCC(COC(=O)CCCCCCCC/C=C\C/C=C\C/C=C\C/C=C\CC)OC(=O)CCCCCCC/C=C\CCCC)OC(=O)CCCCCCC/C=C\C/C=C\C/C=C\CC. The number of phosphoric ester groups is 2. The second kappa shape index (κ2) is 72.0. The summed E-state index contributed by atoms with van der Waals surface area (Å²) in [4.78, 5) is 72.7. The summed E-state index contributed by atoms with van der Waals surface area (Å²) in [6.07, 6.45) is 82.7. The van der Waals surface area contributed by atoms with E-state index in [0.29, 0.717) is 25.7 Å². The van der Waals surface area contributed by atoms with E-state index in [-0.39, 0.29) is 25.7 Å². The summed E-state index contributed by atoms with van der Waals surface area (Å²) in [7, 11) is -9.99. The lowest BCUT2D eigenvalue weighted by atomic mass is 10.1. The first-order valence-corrected chi connectivity index (χ1v) is 40.7. The number of aliphatic hydroxyl groups is 1. The number of carbonyl (C=O) groups is 4. The molecule has 5 atom stereocenters. The van der Waals surface area contributed by atoms with Crippen LogP contribution in [0.5, 0.6) is 0 Å². The molecule has 0 radical (unpaired) electrons. The largest absolute Gasteiger partial charge is 0.472 e. The Morgan fingerprint density at radius 2 is 0.560 bits per heavy atom. The summed E-state index contributed by atoms with van der Waals surface area (Å²) in [5.74, 6) is -2.38. The van der Waals surface area contributed by atoms with E-state index in [1.165, 1.54) is 12.8 Å². The molecular weight excluding hydrogens is 1310 g/mol. The van der Waals surface area contributed by atoms with Gasteiger partial charge in [-0.25, -0.2) is 9.13 Å². The third kappa shape index (κ3) is 71.1. The van der Waals surface area contributed by atoms with Gasteiger partial charge in [-0.1, -0.05) is 263 Å². The fraction of sp³-hybridized carbons (Fsp3) is 0.630. The minimum atomic E-state index is -5.00. The summed E-state index contributed by atoms with van der Waals surface area (Å²) in [6, 6.07) is 0. The average Bonchev–Trinajstić information content (AvgIpc) is 0.966. The summed E-state index contributed by atoms with van der Waals surface area (Å²) in [5, 5.41) is 10.6. The minimum absolute atomic E-state index is 0.0508. The zero-order chi connectivity index (χ0) is 73.2. The van der Waals surface area contributed by atoms with Gasteiger partial charge in [-0.3, -0.25) is 37.3 Å². The number of esters is 4. The lowest BCUT2D eigenvalue weighted by Crippen LogP contribution is -2.30. The second-order valence-corrected chi connectivity index (χ2v) is 27.4. The van der Waals surface area contributed by atoms with Gasteiger partial charge in [0.1, 0.15) is 19.3 Å². The Hall–Kier alpha value is -5.32. The zero-order valence-electron chi connectivity index (χ0n) is 61.8. The fourth-order valence-electron chi connectivity index (χ4n) is 9.34. The van der Waals surface area contributed by atoms with E-state index < -0.39 is 97.5 Å². The van der Waals surface area contributed by atoms with Gasteiger partial charge in [0.25, 0.3) is 0 Å². The van der Waals surface area contributed by atoms with Crippen LogP contribution in [-0.2, 0) is 65.4 Å². The van der Waals surface area contributed by atoms with Gasteiger partial charge in [0, 0.05) is 19.3 Å². The van der Waals surface area contributed by atoms with Gasteiger partial charge < -0.3 is 33.8 Å². The van der Waals surface area contributed by atoms with E-state index in [2.05, 4.69) is 161 Å².